The van der Waals surface area contributed by atoms with Gasteiger partial charge in [0.25, 0.3) is 0 Å². The number of hydrogen-bond acceptors (Lipinski definition) is 3. The molecule has 0 aromatic heterocycles. The molecule has 0 saturated carbocycles. The van der Waals surface area contributed by atoms with Gasteiger partial charge >= 0.3 is 0 Å². The molecule has 0 fully saturated rings. The molecule has 21 heavy (non-hydrogen) atoms. The molecule has 2 aromatic carbocycles. The number of rotatable bonds is 6. The van der Waals surface area contributed by atoms with Gasteiger partial charge in [-0.2, -0.15) is 0 Å². The highest BCUT2D eigenvalue weighted by Crippen LogP contribution is 2.24. The predicted octanol–water partition coefficient (Wildman–Crippen LogP) is 3.79. The number of nitrogens with one attached hydrogen (secondary N) is 2. The molecule has 0 unspecified atom stereocenters. The molecule has 0 aliphatic carbocycles. The van der Waals surface area contributed by atoms with Crippen LogP contribution in [-0.2, 0) is 4.79 Å². The topological polar surface area (TPSA) is 50.4 Å². The van der Waals surface area contributed by atoms with Crippen LogP contribution in [-0.4, -0.2) is 19.1 Å². The highest BCUT2D eigenvalue weighted by Gasteiger charge is 2.07. The molecule has 4 nitrogen and oxygen atoms in total. The summed E-state index contributed by atoms with van der Waals surface area (Å²) < 4.78 is 5.46. The average Bonchev–Trinajstić information content (AvgIpc) is 2.49. The van der Waals surface area contributed by atoms with Crippen molar-refractivity contribution in [1.29, 1.82) is 0 Å². The van der Waals surface area contributed by atoms with Crippen LogP contribution in [0.2, 0.25) is 5.02 Å². The van der Waals surface area contributed by atoms with Crippen LogP contribution < -0.4 is 15.4 Å². The SMILES string of the molecule is CCOc1ccccc1NC(=O)CNc1ccccc1Cl. The molecule has 5 heteroatoms. The first-order valence-corrected chi connectivity index (χ1v) is 7.08. The normalized spacial score (nSPS) is 10.0. The number of carbonyl (C=O) groups excluding carboxylic acids is 1. The highest BCUT2D eigenvalue weighted by atomic mass is 35.5. The van der Waals surface area contributed by atoms with Crippen LogP contribution in [0.1, 0.15) is 6.92 Å². The molecular formula is C16H17ClN2O2. The zero-order chi connectivity index (χ0) is 15.1. The molecule has 2 rings (SSSR count). The second kappa shape index (κ2) is 7.55. The molecule has 0 aliphatic rings. The zero-order valence-corrected chi connectivity index (χ0v) is 12.5. The van der Waals surface area contributed by atoms with E-state index < -0.39 is 0 Å². The largest absolute Gasteiger partial charge is 0.492 e. The quantitative estimate of drug-likeness (QED) is 0.853. The Kier molecular flexibility index (Phi) is 5.46. The van der Waals surface area contributed by atoms with E-state index in [9.17, 15) is 4.79 Å². The van der Waals surface area contributed by atoms with E-state index in [-0.39, 0.29) is 12.5 Å². The molecule has 0 atom stereocenters. The van der Waals surface area contributed by atoms with Gasteiger partial charge in [-0.3, -0.25) is 4.79 Å². The Morgan fingerprint density at radius 2 is 1.76 bits per heavy atom. The first-order valence-electron chi connectivity index (χ1n) is 6.70. The maximum Gasteiger partial charge on any atom is 0.243 e. The summed E-state index contributed by atoms with van der Waals surface area (Å²) in [5.41, 5.74) is 1.39. The zero-order valence-electron chi connectivity index (χ0n) is 11.7. The van der Waals surface area contributed by atoms with Crippen LogP contribution in [0.4, 0.5) is 11.4 Å². The van der Waals surface area contributed by atoms with Crippen LogP contribution in [0.25, 0.3) is 0 Å². The van der Waals surface area contributed by atoms with Gasteiger partial charge in [-0.05, 0) is 31.2 Å². The summed E-state index contributed by atoms with van der Waals surface area (Å²) in [6.07, 6.45) is 0. The summed E-state index contributed by atoms with van der Waals surface area (Å²) >= 11 is 6.02. The molecule has 2 aromatic rings. The van der Waals surface area contributed by atoms with E-state index in [2.05, 4.69) is 10.6 Å². The molecule has 0 spiro atoms. The molecular weight excluding hydrogens is 288 g/mol. The molecule has 110 valence electrons. The molecule has 0 radical (unpaired) electrons. The second-order valence-electron chi connectivity index (χ2n) is 4.31. The summed E-state index contributed by atoms with van der Waals surface area (Å²) in [4.78, 5) is 12.0. The third-order valence-electron chi connectivity index (χ3n) is 2.77. The monoisotopic (exact) mass is 304 g/mol. The molecule has 0 heterocycles. The molecule has 0 aliphatic heterocycles. The summed E-state index contributed by atoms with van der Waals surface area (Å²) in [5, 5.41) is 6.40. The molecule has 0 saturated heterocycles. The van der Waals surface area contributed by atoms with Crippen molar-refractivity contribution in [3.8, 4) is 5.75 Å². The van der Waals surface area contributed by atoms with Crippen molar-refractivity contribution in [2.45, 2.75) is 6.92 Å². The predicted molar refractivity (Wildman–Crippen MR) is 86.2 cm³/mol. The lowest BCUT2D eigenvalue weighted by Crippen LogP contribution is -2.22. The van der Waals surface area contributed by atoms with Gasteiger partial charge in [0.1, 0.15) is 5.75 Å². The smallest absolute Gasteiger partial charge is 0.243 e. The third kappa shape index (κ3) is 4.39. The van der Waals surface area contributed by atoms with E-state index in [0.29, 0.717) is 23.1 Å². The summed E-state index contributed by atoms with van der Waals surface area (Å²) in [7, 11) is 0. The van der Waals surface area contributed by atoms with Crippen LogP contribution in [0.5, 0.6) is 5.75 Å². The van der Waals surface area contributed by atoms with Gasteiger partial charge in [0.15, 0.2) is 0 Å². The van der Waals surface area contributed by atoms with Crippen molar-refractivity contribution in [2.24, 2.45) is 0 Å². The lowest BCUT2D eigenvalue weighted by Gasteiger charge is -2.12. The maximum atomic E-state index is 12.0. The number of anilines is 2. The van der Waals surface area contributed by atoms with Crippen LogP contribution in [0.3, 0.4) is 0 Å². The van der Waals surface area contributed by atoms with Gasteiger partial charge < -0.3 is 15.4 Å². The molecule has 2 N–H and O–H groups in total. The number of para-hydroxylation sites is 3. The minimum absolute atomic E-state index is 0.129. The second-order valence-corrected chi connectivity index (χ2v) is 4.72. The Morgan fingerprint density at radius 1 is 1.10 bits per heavy atom. The van der Waals surface area contributed by atoms with Gasteiger partial charge in [0.2, 0.25) is 5.91 Å². The van der Waals surface area contributed by atoms with E-state index in [1.165, 1.54) is 0 Å². The lowest BCUT2D eigenvalue weighted by molar-refractivity contribution is -0.114. The minimum Gasteiger partial charge on any atom is -0.492 e. The molecule has 1 amide bonds. The number of ether oxygens (including phenoxy) is 1. The number of benzene rings is 2. The van der Waals surface area contributed by atoms with E-state index >= 15 is 0 Å². The number of halogens is 1. The molecule has 0 bridgehead atoms. The van der Waals surface area contributed by atoms with Crippen molar-refractivity contribution in [3.63, 3.8) is 0 Å². The Bertz CT molecular complexity index is 617. The van der Waals surface area contributed by atoms with Crippen LogP contribution in [0, 0.1) is 0 Å². The summed E-state index contributed by atoms with van der Waals surface area (Å²) in [6.45, 7) is 2.58. The number of amides is 1. The van der Waals surface area contributed by atoms with E-state index in [1.807, 2.05) is 43.3 Å². The number of hydrogen-bond donors (Lipinski definition) is 2. The van der Waals surface area contributed by atoms with Crippen molar-refractivity contribution in [3.05, 3.63) is 53.6 Å². The average molecular weight is 305 g/mol. The first-order chi connectivity index (χ1) is 10.2. The van der Waals surface area contributed by atoms with E-state index in [1.54, 1.807) is 12.1 Å². The van der Waals surface area contributed by atoms with Crippen molar-refractivity contribution in [2.75, 3.05) is 23.8 Å². The standard InChI is InChI=1S/C16H17ClN2O2/c1-2-21-15-10-6-5-9-14(15)19-16(20)11-18-13-8-4-3-7-12(13)17/h3-10,18H,2,11H2,1H3,(H,19,20). The van der Waals surface area contributed by atoms with Gasteiger partial charge in [-0.15, -0.1) is 0 Å². The highest BCUT2D eigenvalue weighted by molar-refractivity contribution is 6.33. The Morgan fingerprint density at radius 3 is 2.48 bits per heavy atom. The van der Waals surface area contributed by atoms with E-state index in [0.717, 1.165) is 5.69 Å². The van der Waals surface area contributed by atoms with Crippen molar-refractivity contribution < 1.29 is 9.53 Å². The first kappa shape index (κ1) is 15.2. The Hall–Kier alpha value is -2.20. The third-order valence-corrected chi connectivity index (χ3v) is 3.10. The van der Waals surface area contributed by atoms with Crippen LogP contribution in [0.15, 0.2) is 48.5 Å². The Balaban J connectivity index is 1.95. The van der Waals surface area contributed by atoms with Gasteiger partial charge in [-0.25, -0.2) is 0 Å². The fourth-order valence-corrected chi connectivity index (χ4v) is 2.03. The van der Waals surface area contributed by atoms with Gasteiger partial charge in [-0.1, -0.05) is 35.9 Å². The van der Waals surface area contributed by atoms with Crippen molar-refractivity contribution >= 4 is 28.9 Å². The van der Waals surface area contributed by atoms with Crippen LogP contribution >= 0.6 is 11.6 Å². The summed E-state index contributed by atoms with van der Waals surface area (Å²) in [6, 6.07) is 14.6. The van der Waals surface area contributed by atoms with Crippen molar-refractivity contribution in [1.82, 2.24) is 0 Å². The summed E-state index contributed by atoms with van der Waals surface area (Å²) in [5.74, 6) is 0.494. The number of carbonyl (C=O) groups is 1. The maximum absolute atomic E-state index is 12.0. The van der Waals surface area contributed by atoms with Gasteiger partial charge in [0.05, 0.1) is 29.5 Å². The fourth-order valence-electron chi connectivity index (χ4n) is 1.83. The fraction of sp³-hybridized carbons (Fsp3) is 0.188. The minimum atomic E-state index is -0.165. The lowest BCUT2D eigenvalue weighted by atomic mass is 10.3. The van der Waals surface area contributed by atoms with E-state index in [4.69, 9.17) is 16.3 Å². The van der Waals surface area contributed by atoms with Gasteiger partial charge in [0, 0.05) is 0 Å². The Labute approximate surface area is 129 Å².